The van der Waals surface area contributed by atoms with Crippen LogP contribution in [0.5, 0.6) is 0 Å². The van der Waals surface area contributed by atoms with Crippen molar-refractivity contribution < 1.29 is 23.9 Å². The van der Waals surface area contributed by atoms with Gasteiger partial charge in [-0.2, -0.15) is 0 Å². The van der Waals surface area contributed by atoms with E-state index in [9.17, 15) is 23.9 Å². The summed E-state index contributed by atoms with van der Waals surface area (Å²) in [5.41, 5.74) is 0.628. The summed E-state index contributed by atoms with van der Waals surface area (Å²) >= 11 is 5.81. The van der Waals surface area contributed by atoms with Crippen LogP contribution < -0.4 is 0 Å². The lowest BCUT2D eigenvalue weighted by molar-refractivity contribution is -0.139. The molecule has 0 unspecified atom stereocenters. The molecule has 0 saturated carbocycles. The Kier molecular flexibility index (Phi) is 6.85. The van der Waals surface area contributed by atoms with Crippen molar-refractivity contribution in [3.05, 3.63) is 34.6 Å². The normalized spacial score (nSPS) is 22.3. The van der Waals surface area contributed by atoms with Crippen LogP contribution >= 0.6 is 11.6 Å². The zero-order chi connectivity index (χ0) is 22.0. The SMILES string of the molecule is CCN(C(=O)O)[C@@H]1CN(C(=O)C2CCN(C(C)=O)CC2)C[C@H]1c1ccc(Cl)c(F)c1. The minimum Gasteiger partial charge on any atom is -0.465 e. The van der Waals surface area contributed by atoms with Crippen LogP contribution in [0.4, 0.5) is 9.18 Å². The standard InChI is InChI=1S/C21H27ClFN3O4/c1-3-26(21(29)30)19-12-25(11-16(19)15-4-5-17(22)18(23)10-15)20(28)14-6-8-24(9-7-14)13(2)27/h4-5,10,14,16,19H,3,6-9,11-12H2,1-2H3,(H,29,30)/t16-,19+/m0/s1. The Bertz CT molecular complexity index is 828. The number of halogens is 2. The van der Waals surface area contributed by atoms with E-state index in [1.807, 2.05) is 0 Å². The van der Waals surface area contributed by atoms with Gasteiger partial charge in [-0.1, -0.05) is 17.7 Å². The molecular weight excluding hydrogens is 413 g/mol. The summed E-state index contributed by atoms with van der Waals surface area (Å²) in [6.45, 7) is 5.22. The van der Waals surface area contributed by atoms with Crippen LogP contribution in [0.3, 0.4) is 0 Å². The van der Waals surface area contributed by atoms with E-state index in [0.717, 1.165) is 0 Å². The van der Waals surface area contributed by atoms with Crippen LogP contribution in [-0.2, 0) is 9.59 Å². The average Bonchev–Trinajstić information content (AvgIpc) is 3.14. The molecule has 2 heterocycles. The van der Waals surface area contributed by atoms with Crippen LogP contribution in [0.25, 0.3) is 0 Å². The Balaban J connectivity index is 1.80. The lowest BCUT2D eigenvalue weighted by Gasteiger charge is -2.33. The van der Waals surface area contributed by atoms with Crippen molar-refractivity contribution in [2.24, 2.45) is 5.92 Å². The molecule has 9 heteroatoms. The van der Waals surface area contributed by atoms with Crippen LogP contribution in [0.2, 0.25) is 5.02 Å². The highest BCUT2D eigenvalue weighted by Crippen LogP contribution is 2.34. The third-order valence-electron chi connectivity index (χ3n) is 6.25. The fourth-order valence-electron chi connectivity index (χ4n) is 4.56. The Hall–Kier alpha value is -2.35. The Morgan fingerprint density at radius 2 is 1.87 bits per heavy atom. The second kappa shape index (κ2) is 9.20. The van der Waals surface area contributed by atoms with E-state index in [4.69, 9.17) is 11.6 Å². The summed E-state index contributed by atoms with van der Waals surface area (Å²) in [7, 11) is 0. The van der Waals surface area contributed by atoms with Crippen molar-refractivity contribution >= 4 is 29.5 Å². The number of carbonyl (C=O) groups excluding carboxylic acids is 2. The number of nitrogens with zero attached hydrogens (tertiary/aromatic N) is 3. The summed E-state index contributed by atoms with van der Waals surface area (Å²) < 4.78 is 14.1. The number of carboxylic acid groups (broad SMARTS) is 1. The second-order valence-electron chi connectivity index (χ2n) is 7.94. The van der Waals surface area contributed by atoms with Crippen LogP contribution in [-0.4, -0.2) is 76.5 Å². The fourth-order valence-corrected chi connectivity index (χ4v) is 4.68. The van der Waals surface area contributed by atoms with E-state index in [1.54, 1.807) is 22.8 Å². The Morgan fingerprint density at radius 3 is 2.40 bits per heavy atom. The van der Waals surface area contributed by atoms with Gasteiger partial charge in [0.15, 0.2) is 0 Å². The van der Waals surface area contributed by atoms with Crippen molar-refractivity contribution in [1.29, 1.82) is 0 Å². The minimum absolute atomic E-state index is 0.00374. The highest BCUT2D eigenvalue weighted by molar-refractivity contribution is 6.30. The maximum absolute atomic E-state index is 14.1. The molecule has 7 nitrogen and oxygen atoms in total. The quantitative estimate of drug-likeness (QED) is 0.781. The summed E-state index contributed by atoms with van der Waals surface area (Å²) in [6, 6.07) is 4.02. The zero-order valence-corrected chi connectivity index (χ0v) is 17.9. The van der Waals surface area contributed by atoms with Crippen molar-refractivity contribution in [1.82, 2.24) is 14.7 Å². The van der Waals surface area contributed by atoms with Gasteiger partial charge in [-0.3, -0.25) is 9.59 Å². The number of piperidine rings is 1. The number of likely N-dealkylation sites (N-methyl/N-ethyl adjacent to an activating group) is 1. The first-order valence-electron chi connectivity index (χ1n) is 10.2. The number of hydrogen-bond donors (Lipinski definition) is 1. The van der Waals surface area contributed by atoms with Gasteiger partial charge in [0.05, 0.1) is 11.1 Å². The average molecular weight is 440 g/mol. The first kappa shape index (κ1) is 22.3. The molecule has 0 radical (unpaired) electrons. The minimum atomic E-state index is -1.06. The van der Waals surface area contributed by atoms with Crippen LogP contribution in [0.15, 0.2) is 18.2 Å². The van der Waals surface area contributed by atoms with Gasteiger partial charge in [-0.25, -0.2) is 9.18 Å². The molecule has 1 N–H and O–H groups in total. The molecule has 0 aromatic heterocycles. The predicted octanol–water partition coefficient (Wildman–Crippen LogP) is 3.03. The van der Waals surface area contributed by atoms with E-state index in [0.29, 0.717) is 38.0 Å². The number of hydrogen-bond acceptors (Lipinski definition) is 3. The van der Waals surface area contributed by atoms with E-state index in [1.165, 1.54) is 24.0 Å². The molecule has 2 aliphatic rings. The molecular formula is C21H27ClFN3O4. The highest BCUT2D eigenvalue weighted by Gasteiger charge is 2.42. The van der Waals surface area contributed by atoms with Gasteiger partial charge in [0.1, 0.15) is 5.82 Å². The Labute approximate surface area is 180 Å². The number of amides is 3. The largest absolute Gasteiger partial charge is 0.465 e. The second-order valence-corrected chi connectivity index (χ2v) is 8.35. The van der Waals surface area contributed by atoms with Gasteiger partial charge in [0.25, 0.3) is 0 Å². The molecule has 1 aromatic carbocycles. The van der Waals surface area contributed by atoms with Gasteiger partial charge in [0.2, 0.25) is 11.8 Å². The lowest BCUT2D eigenvalue weighted by atomic mass is 9.93. The number of carbonyl (C=O) groups is 3. The molecule has 30 heavy (non-hydrogen) atoms. The molecule has 164 valence electrons. The third kappa shape index (κ3) is 4.53. The molecule has 0 bridgehead atoms. The van der Waals surface area contributed by atoms with Crippen molar-refractivity contribution in [2.75, 3.05) is 32.7 Å². The van der Waals surface area contributed by atoms with Crippen molar-refractivity contribution in [2.45, 2.75) is 38.6 Å². The summed E-state index contributed by atoms with van der Waals surface area (Å²) in [4.78, 5) is 41.2. The van der Waals surface area contributed by atoms with Gasteiger partial charge in [0, 0.05) is 51.5 Å². The van der Waals surface area contributed by atoms with Crippen molar-refractivity contribution in [3.63, 3.8) is 0 Å². The molecule has 2 saturated heterocycles. The number of rotatable bonds is 4. The molecule has 2 atom stereocenters. The van der Waals surface area contributed by atoms with Crippen LogP contribution in [0, 0.1) is 11.7 Å². The predicted molar refractivity (Wildman–Crippen MR) is 110 cm³/mol. The molecule has 2 fully saturated rings. The Morgan fingerprint density at radius 1 is 1.20 bits per heavy atom. The van der Waals surface area contributed by atoms with E-state index < -0.39 is 18.0 Å². The molecule has 1 aromatic rings. The smallest absolute Gasteiger partial charge is 0.407 e. The topological polar surface area (TPSA) is 81.2 Å². The maximum Gasteiger partial charge on any atom is 0.407 e. The number of benzene rings is 1. The lowest BCUT2D eigenvalue weighted by Crippen LogP contribution is -2.45. The van der Waals surface area contributed by atoms with E-state index >= 15 is 0 Å². The molecule has 3 rings (SSSR count). The van der Waals surface area contributed by atoms with E-state index in [2.05, 4.69) is 0 Å². The highest BCUT2D eigenvalue weighted by atomic mass is 35.5. The molecule has 2 aliphatic heterocycles. The summed E-state index contributed by atoms with van der Waals surface area (Å²) in [5, 5.41) is 9.65. The van der Waals surface area contributed by atoms with Crippen molar-refractivity contribution in [3.8, 4) is 0 Å². The molecule has 0 spiro atoms. The first-order valence-corrected chi connectivity index (χ1v) is 10.6. The third-order valence-corrected chi connectivity index (χ3v) is 6.56. The van der Waals surface area contributed by atoms with Gasteiger partial charge >= 0.3 is 6.09 Å². The first-order chi connectivity index (χ1) is 14.2. The maximum atomic E-state index is 14.1. The zero-order valence-electron chi connectivity index (χ0n) is 17.2. The molecule has 3 amide bonds. The van der Waals surface area contributed by atoms with Gasteiger partial charge in [-0.15, -0.1) is 0 Å². The monoisotopic (exact) mass is 439 g/mol. The summed E-state index contributed by atoms with van der Waals surface area (Å²) in [6.07, 6.45) is 0.123. The fraction of sp³-hybridized carbons (Fsp3) is 0.571. The molecule has 0 aliphatic carbocycles. The van der Waals surface area contributed by atoms with E-state index in [-0.39, 0.29) is 41.8 Å². The van der Waals surface area contributed by atoms with Gasteiger partial charge in [-0.05, 0) is 37.5 Å². The summed E-state index contributed by atoms with van der Waals surface area (Å²) in [5.74, 6) is -1.11. The van der Waals surface area contributed by atoms with Crippen LogP contribution in [0.1, 0.15) is 38.2 Å². The number of likely N-dealkylation sites (tertiary alicyclic amines) is 2. The van der Waals surface area contributed by atoms with Gasteiger partial charge < -0.3 is 19.8 Å².